The first kappa shape index (κ1) is 21.2. The van der Waals surface area contributed by atoms with E-state index in [2.05, 4.69) is 10.6 Å². The summed E-state index contributed by atoms with van der Waals surface area (Å²) < 4.78 is 5.59. The molecule has 8 heteroatoms. The highest BCUT2D eigenvalue weighted by molar-refractivity contribution is 6.00. The van der Waals surface area contributed by atoms with Crippen molar-refractivity contribution in [2.24, 2.45) is 0 Å². The predicted octanol–water partition coefficient (Wildman–Crippen LogP) is 1.83. The lowest BCUT2D eigenvalue weighted by Gasteiger charge is -2.32. The number of ether oxygens (including phenoxy) is 1. The fourth-order valence-electron chi connectivity index (χ4n) is 3.16. The monoisotopic (exact) mass is 411 g/mol. The largest absolute Gasteiger partial charge is 0.508 e. The summed E-state index contributed by atoms with van der Waals surface area (Å²) in [5.41, 5.74) is 1.05. The number of hydrogen-bond donors (Lipinski definition) is 3. The third-order valence-corrected chi connectivity index (χ3v) is 4.71. The third kappa shape index (κ3) is 5.28. The number of carbonyl (C=O) groups excluding carboxylic acids is 3. The van der Waals surface area contributed by atoms with Gasteiger partial charge in [0.25, 0.3) is 11.8 Å². The second-order valence-corrected chi connectivity index (χ2v) is 6.98. The summed E-state index contributed by atoms with van der Waals surface area (Å²) in [6.07, 6.45) is 0.146. The zero-order valence-corrected chi connectivity index (χ0v) is 16.8. The molecule has 1 heterocycles. The van der Waals surface area contributed by atoms with Gasteiger partial charge in [0, 0.05) is 31.6 Å². The Morgan fingerprint density at radius 3 is 2.67 bits per heavy atom. The highest BCUT2D eigenvalue weighted by atomic mass is 16.5. The minimum atomic E-state index is -0.585. The molecule has 0 bridgehead atoms. The summed E-state index contributed by atoms with van der Waals surface area (Å²) in [6, 6.07) is 13.4. The van der Waals surface area contributed by atoms with Crippen LogP contribution in [0.1, 0.15) is 30.1 Å². The van der Waals surface area contributed by atoms with Crippen LogP contribution in [-0.2, 0) is 9.59 Å². The lowest BCUT2D eigenvalue weighted by atomic mass is 10.1. The van der Waals surface area contributed by atoms with Gasteiger partial charge in [0.1, 0.15) is 11.5 Å². The van der Waals surface area contributed by atoms with E-state index in [4.69, 9.17) is 4.74 Å². The molecule has 1 aliphatic rings. The number of para-hydroxylation sites is 2. The van der Waals surface area contributed by atoms with E-state index in [9.17, 15) is 19.5 Å². The maximum atomic E-state index is 12.4. The fraction of sp³-hybridized carbons (Fsp3) is 0.318. The van der Waals surface area contributed by atoms with Crippen molar-refractivity contribution in [2.75, 3.05) is 24.5 Å². The number of phenols is 1. The molecule has 0 saturated heterocycles. The Hall–Kier alpha value is -3.55. The molecule has 3 amide bonds. The van der Waals surface area contributed by atoms with Gasteiger partial charge >= 0.3 is 0 Å². The van der Waals surface area contributed by atoms with Crippen LogP contribution < -0.4 is 20.3 Å². The van der Waals surface area contributed by atoms with E-state index in [1.54, 1.807) is 36.1 Å². The quantitative estimate of drug-likeness (QED) is 0.575. The molecule has 2 aromatic carbocycles. The zero-order chi connectivity index (χ0) is 21.5. The number of hydrogen-bond acceptors (Lipinski definition) is 5. The number of fused-ring (bicyclic) bond motifs is 1. The standard InChI is InChI=1S/C22H25N3O5/c1-15-22(29)25(18-8-2-3-9-19(18)30-15)13-10-20(27)23-11-5-12-24-21(28)16-6-4-7-17(26)14-16/h2-4,6-9,14-15,26H,5,10-13H2,1H3,(H,23,27)(H,24,28). The lowest BCUT2D eigenvalue weighted by Crippen LogP contribution is -2.45. The lowest BCUT2D eigenvalue weighted by molar-refractivity contribution is -0.125. The van der Waals surface area contributed by atoms with Gasteiger partial charge in [-0.15, -0.1) is 0 Å². The Balaban J connectivity index is 1.38. The molecule has 0 aliphatic carbocycles. The van der Waals surface area contributed by atoms with Crippen molar-refractivity contribution in [3.63, 3.8) is 0 Å². The maximum Gasteiger partial charge on any atom is 0.267 e. The topological polar surface area (TPSA) is 108 Å². The molecule has 0 aromatic heterocycles. The Labute approximate surface area is 174 Å². The van der Waals surface area contributed by atoms with Gasteiger partial charge in [0.05, 0.1) is 5.69 Å². The fourth-order valence-corrected chi connectivity index (χ4v) is 3.16. The molecule has 3 rings (SSSR count). The van der Waals surface area contributed by atoms with E-state index in [0.29, 0.717) is 36.5 Å². The summed E-state index contributed by atoms with van der Waals surface area (Å²) in [6.45, 7) is 2.75. The number of rotatable bonds is 8. The van der Waals surface area contributed by atoms with Crippen LogP contribution in [0.4, 0.5) is 5.69 Å². The number of nitrogens with zero attached hydrogens (tertiary/aromatic N) is 1. The third-order valence-electron chi connectivity index (χ3n) is 4.71. The molecule has 1 unspecified atom stereocenters. The summed E-state index contributed by atoms with van der Waals surface area (Å²) >= 11 is 0. The number of phenolic OH excluding ortho intramolecular Hbond substituents is 1. The van der Waals surface area contributed by atoms with E-state index in [0.717, 1.165) is 0 Å². The van der Waals surface area contributed by atoms with Gasteiger partial charge in [-0.3, -0.25) is 14.4 Å². The predicted molar refractivity (Wildman–Crippen MR) is 112 cm³/mol. The number of carbonyl (C=O) groups is 3. The minimum Gasteiger partial charge on any atom is -0.508 e. The van der Waals surface area contributed by atoms with Gasteiger partial charge in [0.2, 0.25) is 5.91 Å². The zero-order valence-electron chi connectivity index (χ0n) is 16.8. The molecule has 158 valence electrons. The minimum absolute atomic E-state index is 0.0330. The van der Waals surface area contributed by atoms with Crippen LogP contribution in [0.25, 0.3) is 0 Å². The van der Waals surface area contributed by atoms with Crippen molar-refractivity contribution in [2.45, 2.75) is 25.9 Å². The van der Waals surface area contributed by atoms with Gasteiger partial charge in [-0.1, -0.05) is 18.2 Å². The molecule has 1 atom stereocenters. The molecular weight excluding hydrogens is 386 g/mol. The number of benzene rings is 2. The van der Waals surface area contributed by atoms with Crippen LogP contribution in [0.15, 0.2) is 48.5 Å². The summed E-state index contributed by atoms with van der Waals surface area (Å²) in [5, 5.41) is 14.9. The van der Waals surface area contributed by atoms with Crippen LogP contribution in [0.3, 0.4) is 0 Å². The molecule has 0 spiro atoms. The first-order valence-corrected chi connectivity index (χ1v) is 9.86. The number of nitrogens with one attached hydrogen (secondary N) is 2. The van der Waals surface area contributed by atoms with Crippen LogP contribution in [0, 0.1) is 0 Å². The van der Waals surface area contributed by atoms with Crippen molar-refractivity contribution >= 4 is 23.4 Å². The second kappa shape index (κ2) is 9.78. The molecule has 2 aromatic rings. The average Bonchev–Trinajstić information content (AvgIpc) is 2.73. The van der Waals surface area contributed by atoms with Crippen molar-refractivity contribution in [3.05, 3.63) is 54.1 Å². The van der Waals surface area contributed by atoms with Crippen LogP contribution in [0.2, 0.25) is 0 Å². The highest BCUT2D eigenvalue weighted by Gasteiger charge is 2.31. The number of amides is 3. The smallest absolute Gasteiger partial charge is 0.267 e. The summed E-state index contributed by atoms with van der Waals surface area (Å²) in [4.78, 5) is 38.1. The van der Waals surface area contributed by atoms with E-state index in [1.807, 2.05) is 12.1 Å². The van der Waals surface area contributed by atoms with Gasteiger partial charge in [0.15, 0.2) is 6.10 Å². The molecule has 1 aliphatic heterocycles. The average molecular weight is 411 g/mol. The van der Waals surface area contributed by atoms with E-state index in [1.165, 1.54) is 12.1 Å². The normalized spacial score (nSPS) is 15.2. The first-order valence-electron chi connectivity index (χ1n) is 9.86. The molecule has 0 radical (unpaired) electrons. The van der Waals surface area contributed by atoms with Gasteiger partial charge in [-0.25, -0.2) is 0 Å². The van der Waals surface area contributed by atoms with Crippen molar-refractivity contribution in [1.29, 1.82) is 0 Å². The van der Waals surface area contributed by atoms with Crippen LogP contribution in [-0.4, -0.2) is 48.6 Å². The molecule has 0 fully saturated rings. The van der Waals surface area contributed by atoms with Crippen molar-refractivity contribution < 1.29 is 24.2 Å². The maximum absolute atomic E-state index is 12.4. The Bertz CT molecular complexity index is 930. The van der Waals surface area contributed by atoms with Gasteiger partial charge in [-0.2, -0.15) is 0 Å². The van der Waals surface area contributed by atoms with E-state index in [-0.39, 0.29) is 36.4 Å². The molecular formula is C22H25N3O5. The van der Waals surface area contributed by atoms with E-state index < -0.39 is 6.10 Å². The SMILES string of the molecule is CC1Oc2ccccc2N(CCC(=O)NCCCNC(=O)c2cccc(O)c2)C1=O. The summed E-state index contributed by atoms with van der Waals surface area (Å²) in [7, 11) is 0. The van der Waals surface area contributed by atoms with E-state index >= 15 is 0 Å². The Morgan fingerprint density at radius 2 is 1.87 bits per heavy atom. The van der Waals surface area contributed by atoms with Gasteiger partial charge < -0.3 is 25.4 Å². The van der Waals surface area contributed by atoms with Crippen LogP contribution in [0.5, 0.6) is 11.5 Å². The molecule has 3 N–H and O–H groups in total. The Kier molecular flexibility index (Phi) is 6.90. The molecule has 8 nitrogen and oxygen atoms in total. The Morgan fingerprint density at radius 1 is 1.10 bits per heavy atom. The van der Waals surface area contributed by atoms with Crippen LogP contribution >= 0.6 is 0 Å². The summed E-state index contributed by atoms with van der Waals surface area (Å²) in [5.74, 6) is 0.0453. The van der Waals surface area contributed by atoms with Crippen molar-refractivity contribution in [3.8, 4) is 11.5 Å². The number of anilines is 1. The second-order valence-electron chi connectivity index (χ2n) is 6.98. The molecule has 0 saturated carbocycles. The highest BCUT2D eigenvalue weighted by Crippen LogP contribution is 2.33. The first-order chi connectivity index (χ1) is 14.5. The van der Waals surface area contributed by atoms with Gasteiger partial charge in [-0.05, 0) is 43.7 Å². The van der Waals surface area contributed by atoms with Crippen molar-refractivity contribution in [1.82, 2.24) is 10.6 Å². The number of aromatic hydroxyl groups is 1. The molecule has 30 heavy (non-hydrogen) atoms.